The highest BCUT2D eigenvalue weighted by Crippen LogP contribution is 2.32. The highest BCUT2D eigenvalue weighted by molar-refractivity contribution is 5.95. The van der Waals surface area contributed by atoms with Crippen LogP contribution in [0.15, 0.2) is 126 Å². The molecule has 0 fully saturated rings. The molecule has 0 atom stereocenters. The van der Waals surface area contributed by atoms with Crippen molar-refractivity contribution in [2.24, 2.45) is 5.10 Å². The van der Waals surface area contributed by atoms with Gasteiger partial charge in [0.15, 0.2) is 0 Å². The van der Waals surface area contributed by atoms with Gasteiger partial charge < -0.3 is 9.67 Å². The van der Waals surface area contributed by atoms with Crippen LogP contribution in [0.1, 0.15) is 15.9 Å². The molecule has 0 aliphatic carbocycles. The highest BCUT2D eigenvalue weighted by Gasteiger charge is 2.14. The predicted octanol–water partition coefficient (Wildman–Crippen LogP) is 6.28. The van der Waals surface area contributed by atoms with Crippen LogP contribution in [0.3, 0.4) is 0 Å². The lowest BCUT2D eigenvalue weighted by molar-refractivity contribution is 0.0955. The number of aromatic nitrogens is 1. The molecule has 5 heteroatoms. The summed E-state index contributed by atoms with van der Waals surface area (Å²) >= 11 is 0. The van der Waals surface area contributed by atoms with Crippen LogP contribution < -0.4 is 5.43 Å². The van der Waals surface area contributed by atoms with Gasteiger partial charge >= 0.3 is 0 Å². The summed E-state index contributed by atoms with van der Waals surface area (Å²) in [5, 5.41) is 13.4. The number of carbonyl (C=O) groups is 1. The number of aromatic hydroxyl groups is 1. The molecule has 170 valence electrons. The summed E-state index contributed by atoms with van der Waals surface area (Å²) < 4.78 is 2.20. The standard InChI is InChI=1S/C30H23N3O2/c34-27-17-11-22(12-18-27)21-31-32-30(35)25-13-15-26(16-14-25)33-28(23-7-3-1-4-8-23)19-20-29(33)24-9-5-2-6-10-24/h1-21,34H,(H,32,35)/b31-21-. The van der Waals surface area contributed by atoms with Gasteiger partial charge in [0.1, 0.15) is 5.75 Å². The topological polar surface area (TPSA) is 66.6 Å². The van der Waals surface area contributed by atoms with E-state index in [1.54, 1.807) is 36.4 Å². The molecule has 0 saturated carbocycles. The lowest BCUT2D eigenvalue weighted by atomic mass is 10.1. The van der Waals surface area contributed by atoms with E-state index in [-0.39, 0.29) is 11.7 Å². The number of hydrogen-bond donors (Lipinski definition) is 2. The van der Waals surface area contributed by atoms with Crippen molar-refractivity contribution in [1.29, 1.82) is 0 Å². The quantitative estimate of drug-likeness (QED) is 0.233. The number of phenols is 1. The molecule has 0 aliphatic heterocycles. The molecule has 0 saturated heterocycles. The number of carbonyl (C=O) groups excluding carboxylic acids is 1. The molecule has 4 aromatic carbocycles. The maximum atomic E-state index is 12.6. The molecular formula is C30H23N3O2. The average molecular weight is 458 g/mol. The van der Waals surface area contributed by atoms with Gasteiger partial charge in [0, 0.05) is 11.3 Å². The van der Waals surface area contributed by atoms with Gasteiger partial charge in [-0.3, -0.25) is 4.79 Å². The normalized spacial score (nSPS) is 11.0. The third-order valence-electron chi connectivity index (χ3n) is 5.68. The van der Waals surface area contributed by atoms with Crippen LogP contribution >= 0.6 is 0 Å². The first-order chi connectivity index (χ1) is 17.2. The Morgan fingerprint density at radius 3 is 1.77 bits per heavy atom. The Morgan fingerprint density at radius 1 is 0.686 bits per heavy atom. The van der Waals surface area contributed by atoms with Gasteiger partial charge in [-0.05, 0) is 77.4 Å². The molecule has 2 N–H and O–H groups in total. The van der Waals surface area contributed by atoms with Gasteiger partial charge in [-0.1, -0.05) is 60.7 Å². The first-order valence-electron chi connectivity index (χ1n) is 11.2. The van der Waals surface area contributed by atoms with Gasteiger partial charge in [0.25, 0.3) is 5.91 Å². The summed E-state index contributed by atoms with van der Waals surface area (Å²) in [6.45, 7) is 0. The Labute approximate surface area is 203 Å². The number of nitrogens with one attached hydrogen (secondary N) is 1. The minimum Gasteiger partial charge on any atom is -0.508 e. The third kappa shape index (κ3) is 4.89. The molecule has 5 rings (SSSR count). The second kappa shape index (κ2) is 9.93. The Bertz CT molecular complexity index is 1400. The summed E-state index contributed by atoms with van der Waals surface area (Å²) in [6, 6.07) is 38.8. The molecule has 0 unspecified atom stereocenters. The van der Waals surface area contributed by atoms with Crippen molar-refractivity contribution in [3.63, 3.8) is 0 Å². The fourth-order valence-electron chi connectivity index (χ4n) is 3.94. The van der Waals surface area contributed by atoms with Crippen LogP contribution in [0.25, 0.3) is 28.2 Å². The number of phenolic OH excluding ortho intramolecular Hbond substituents is 1. The second-order valence-corrected chi connectivity index (χ2v) is 8.01. The molecule has 0 spiro atoms. The van der Waals surface area contributed by atoms with Gasteiger partial charge in [0.2, 0.25) is 0 Å². The molecular weight excluding hydrogens is 434 g/mol. The van der Waals surface area contributed by atoms with Crippen molar-refractivity contribution in [2.45, 2.75) is 0 Å². The lowest BCUT2D eigenvalue weighted by Gasteiger charge is -2.15. The predicted molar refractivity (Wildman–Crippen MR) is 140 cm³/mol. The highest BCUT2D eigenvalue weighted by atomic mass is 16.3. The fraction of sp³-hybridized carbons (Fsp3) is 0. The van der Waals surface area contributed by atoms with E-state index in [1.165, 1.54) is 6.21 Å². The first kappa shape index (κ1) is 21.9. The Hall–Kier alpha value is -4.90. The summed E-state index contributed by atoms with van der Waals surface area (Å²) in [5.41, 5.74) is 9.15. The Balaban J connectivity index is 1.43. The second-order valence-electron chi connectivity index (χ2n) is 8.01. The maximum Gasteiger partial charge on any atom is 0.271 e. The van der Waals surface area contributed by atoms with E-state index >= 15 is 0 Å². The summed E-state index contributed by atoms with van der Waals surface area (Å²) in [5.74, 6) is -0.120. The van der Waals surface area contributed by atoms with Crippen molar-refractivity contribution in [3.8, 4) is 34.0 Å². The first-order valence-corrected chi connectivity index (χ1v) is 11.2. The van der Waals surface area contributed by atoms with Gasteiger partial charge in [-0.15, -0.1) is 0 Å². The summed E-state index contributed by atoms with van der Waals surface area (Å²) in [4.78, 5) is 12.6. The van der Waals surface area contributed by atoms with Crippen molar-refractivity contribution >= 4 is 12.1 Å². The van der Waals surface area contributed by atoms with Crippen LogP contribution in [0, 0.1) is 0 Å². The van der Waals surface area contributed by atoms with Crippen molar-refractivity contribution in [2.75, 3.05) is 0 Å². The molecule has 0 aliphatic rings. The maximum absolute atomic E-state index is 12.6. The molecule has 5 nitrogen and oxygen atoms in total. The molecule has 0 radical (unpaired) electrons. The SMILES string of the molecule is O=C(N/N=C\c1ccc(O)cc1)c1ccc(-n2c(-c3ccccc3)ccc2-c2ccccc2)cc1. The zero-order valence-corrected chi connectivity index (χ0v) is 18.9. The van der Waals surface area contributed by atoms with E-state index in [0.717, 1.165) is 33.8 Å². The zero-order valence-electron chi connectivity index (χ0n) is 18.9. The molecule has 1 aromatic heterocycles. The van der Waals surface area contributed by atoms with E-state index in [4.69, 9.17) is 0 Å². The van der Waals surface area contributed by atoms with E-state index < -0.39 is 0 Å². The van der Waals surface area contributed by atoms with Crippen LogP contribution in [0.5, 0.6) is 5.75 Å². The van der Waals surface area contributed by atoms with Crippen LogP contribution in [0.2, 0.25) is 0 Å². The fourth-order valence-corrected chi connectivity index (χ4v) is 3.94. The third-order valence-corrected chi connectivity index (χ3v) is 5.68. The van der Waals surface area contributed by atoms with Crippen LogP contribution in [-0.4, -0.2) is 21.8 Å². The number of rotatable bonds is 6. The Morgan fingerprint density at radius 2 is 1.23 bits per heavy atom. The average Bonchev–Trinajstić information content (AvgIpc) is 3.36. The molecule has 0 bridgehead atoms. The molecule has 5 aromatic rings. The number of hydrazone groups is 1. The number of benzene rings is 4. The minimum atomic E-state index is -0.300. The zero-order chi connectivity index (χ0) is 24.0. The van der Waals surface area contributed by atoms with Crippen molar-refractivity contribution < 1.29 is 9.90 Å². The Kier molecular flexibility index (Phi) is 6.22. The minimum absolute atomic E-state index is 0.180. The molecule has 35 heavy (non-hydrogen) atoms. The van der Waals surface area contributed by atoms with Crippen LogP contribution in [-0.2, 0) is 0 Å². The van der Waals surface area contributed by atoms with Gasteiger partial charge in [-0.2, -0.15) is 5.10 Å². The van der Waals surface area contributed by atoms with Crippen molar-refractivity contribution in [1.82, 2.24) is 9.99 Å². The summed E-state index contributed by atoms with van der Waals surface area (Å²) in [7, 11) is 0. The summed E-state index contributed by atoms with van der Waals surface area (Å²) in [6.07, 6.45) is 1.53. The number of hydrogen-bond acceptors (Lipinski definition) is 3. The van der Waals surface area contributed by atoms with Gasteiger partial charge in [-0.25, -0.2) is 5.43 Å². The molecule has 1 heterocycles. The van der Waals surface area contributed by atoms with Crippen LogP contribution in [0.4, 0.5) is 0 Å². The number of nitrogens with zero attached hydrogens (tertiary/aromatic N) is 2. The van der Waals surface area contributed by atoms with Crippen molar-refractivity contribution in [3.05, 3.63) is 132 Å². The van der Waals surface area contributed by atoms with E-state index in [1.807, 2.05) is 48.5 Å². The van der Waals surface area contributed by atoms with Gasteiger partial charge in [0.05, 0.1) is 17.6 Å². The lowest BCUT2D eigenvalue weighted by Crippen LogP contribution is -2.17. The van der Waals surface area contributed by atoms with E-state index in [9.17, 15) is 9.90 Å². The monoisotopic (exact) mass is 457 g/mol. The largest absolute Gasteiger partial charge is 0.508 e. The smallest absolute Gasteiger partial charge is 0.271 e. The number of amides is 1. The van der Waals surface area contributed by atoms with E-state index in [2.05, 4.69) is 51.5 Å². The van der Waals surface area contributed by atoms with E-state index in [0.29, 0.717) is 5.56 Å². The molecule has 1 amide bonds.